The van der Waals surface area contributed by atoms with E-state index in [9.17, 15) is 9.59 Å². The molecular formula is C40H32N2O4. The first kappa shape index (κ1) is 29.9. The number of anilines is 2. The molecule has 0 unspecified atom stereocenters. The number of rotatable bonds is 9. The minimum atomic E-state index is -0.200. The van der Waals surface area contributed by atoms with Gasteiger partial charge in [0, 0.05) is 33.6 Å². The Bertz CT molecular complexity index is 1880. The predicted molar refractivity (Wildman–Crippen MR) is 183 cm³/mol. The Hall–Kier alpha value is -6.14. The summed E-state index contributed by atoms with van der Waals surface area (Å²) in [6, 6.07) is 39.5. The average molecular weight is 605 g/mol. The Labute approximate surface area is 267 Å². The van der Waals surface area contributed by atoms with Crippen LogP contribution in [0.15, 0.2) is 133 Å². The predicted octanol–water partition coefficient (Wildman–Crippen LogP) is 9.18. The molecule has 0 bridgehead atoms. The first-order valence-corrected chi connectivity index (χ1v) is 14.8. The molecule has 0 saturated heterocycles. The number of carbonyl (C=O) groups is 2. The van der Waals surface area contributed by atoms with Crippen LogP contribution < -0.4 is 20.9 Å². The first-order chi connectivity index (χ1) is 22.2. The number of nitrogens with two attached hydrogens (primary N) is 2. The third-order valence-electron chi connectivity index (χ3n) is 7.62. The molecule has 6 heteroatoms. The van der Waals surface area contributed by atoms with E-state index in [1.165, 1.54) is 0 Å². The van der Waals surface area contributed by atoms with E-state index in [0.717, 1.165) is 11.1 Å². The molecule has 4 N–H and O–H groups in total. The highest BCUT2D eigenvalue weighted by molar-refractivity contribution is 6.17. The van der Waals surface area contributed by atoms with Crippen LogP contribution in [0.5, 0.6) is 23.0 Å². The molecule has 0 spiro atoms. The Kier molecular flexibility index (Phi) is 8.35. The number of aryl methyl sites for hydroxylation is 2. The highest BCUT2D eigenvalue weighted by Gasteiger charge is 2.22. The van der Waals surface area contributed by atoms with Gasteiger partial charge in [-0.2, -0.15) is 0 Å². The van der Waals surface area contributed by atoms with E-state index in [-0.39, 0.29) is 11.6 Å². The molecule has 0 radical (unpaired) electrons. The molecule has 0 amide bonds. The summed E-state index contributed by atoms with van der Waals surface area (Å²) >= 11 is 0. The Balaban J connectivity index is 1.49. The number of benzene rings is 6. The highest BCUT2D eigenvalue weighted by atomic mass is 16.5. The molecule has 6 rings (SSSR count). The lowest BCUT2D eigenvalue weighted by molar-refractivity contribution is 0.102. The van der Waals surface area contributed by atoms with Crippen LogP contribution in [0.25, 0.3) is 11.1 Å². The normalized spacial score (nSPS) is 10.7. The lowest BCUT2D eigenvalue weighted by Crippen LogP contribution is -2.08. The van der Waals surface area contributed by atoms with Gasteiger partial charge in [-0.1, -0.05) is 59.7 Å². The van der Waals surface area contributed by atoms with Crippen molar-refractivity contribution >= 4 is 22.9 Å². The zero-order chi connectivity index (χ0) is 32.2. The van der Waals surface area contributed by atoms with Crippen molar-refractivity contribution in [2.75, 3.05) is 11.5 Å². The Morgan fingerprint density at radius 1 is 0.435 bits per heavy atom. The van der Waals surface area contributed by atoms with Crippen molar-refractivity contribution in [3.05, 3.63) is 167 Å². The van der Waals surface area contributed by atoms with Crippen molar-refractivity contribution in [2.45, 2.75) is 13.8 Å². The highest BCUT2D eigenvalue weighted by Crippen LogP contribution is 2.37. The molecule has 6 nitrogen and oxygen atoms in total. The molecule has 46 heavy (non-hydrogen) atoms. The van der Waals surface area contributed by atoms with E-state index in [1.807, 2.05) is 50.2 Å². The van der Waals surface area contributed by atoms with Gasteiger partial charge in [-0.15, -0.1) is 0 Å². The van der Waals surface area contributed by atoms with Crippen LogP contribution in [0.4, 0.5) is 11.4 Å². The average Bonchev–Trinajstić information content (AvgIpc) is 3.07. The lowest BCUT2D eigenvalue weighted by atomic mass is 9.88. The Morgan fingerprint density at radius 2 is 0.761 bits per heavy atom. The number of nitrogen functional groups attached to an aromatic ring is 2. The summed E-state index contributed by atoms with van der Waals surface area (Å²) in [5.74, 6) is 1.70. The van der Waals surface area contributed by atoms with Gasteiger partial charge in [-0.05, 0) is 110 Å². The molecule has 6 aromatic carbocycles. The lowest BCUT2D eigenvalue weighted by Gasteiger charge is -2.17. The van der Waals surface area contributed by atoms with Gasteiger partial charge >= 0.3 is 0 Å². The summed E-state index contributed by atoms with van der Waals surface area (Å²) in [6.45, 7) is 3.94. The van der Waals surface area contributed by atoms with Crippen LogP contribution in [-0.2, 0) is 0 Å². The second-order valence-corrected chi connectivity index (χ2v) is 11.1. The van der Waals surface area contributed by atoms with E-state index >= 15 is 0 Å². The van der Waals surface area contributed by atoms with Crippen LogP contribution in [0.1, 0.15) is 43.0 Å². The third-order valence-corrected chi connectivity index (χ3v) is 7.62. The van der Waals surface area contributed by atoms with Crippen molar-refractivity contribution in [1.29, 1.82) is 0 Å². The largest absolute Gasteiger partial charge is 0.457 e. The van der Waals surface area contributed by atoms with Crippen molar-refractivity contribution in [3.8, 4) is 34.1 Å². The van der Waals surface area contributed by atoms with Crippen molar-refractivity contribution in [3.63, 3.8) is 0 Å². The molecule has 0 aliphatic rings. The fourth-order valence-electron chi connectivity index (χ4n) is 5.08. The molecule has 0 aliphatic carbocycles. The van der Waals surface area contributed by atoms with Crippen LogP contribution in [0.2, 0.25) is 0 Å². The fraction of sp³-hybridized carbons (Fsp3) is 0.0500. The van der Waals surface area contributed by atoms with Crippen LogP contribution in [0, 0.1) is 13.8 Å². The number of hydrogen-bond acceptors (Lipinski definition) is 6. The number of carbonyl (C=O) groups excluding carboxylic acids is 2. The van der Waals surface area contributed by atoms with Crippen molar-refractivity contribution < 1.29 is 19.1 Å². The van der Waals surface area contributed by atoms with Crippen LogP contribution >= 0.6 is 0 Å². The quantitative estimate of drug-likeness (QED) is 0.126. The SMILES string of the molecule is Cc1ccc(C(=O)c2cc(Oc3ccc(N)cc3)ccc2-c2ccc(Oc3ccc(N)cc3)cc2C(=O)c2ccc(C)cc2)cc1. The van der Waals surface area contributed by atoms with Gasteiger partial charge in [-0.3, -0.25) is 9.59 Å². The second kappa shape index (κ2) is 12.8. The molecule has 0 fully saturated rings. The molecule has 0 aromatic heterocycles. The first-order valence-electron chi connectivity index (χ1n) is 14.8. The number of ether oxygens (including phenoxy) is 2. The maximum absolute atomic E-state index is 14.1. The molecule has 0 saturated carbocycles. The third kappa shape index (κ3) is 6.66. The Morgan fingerprint density at radius 3 is 1.11 bits per heavy atom. The zero-order valence-electron chi connectivity index (χ0n) is 25.5. The van der Waals surface area contributed by atoms with Crippen LogP contribution in [-0.4, -0.2) is 11.6 Å². The van der Waals surface area contributed by atoms with E-state index in [2.05, 4.69) is 0 Å². The summed E-state index contributed by atoms with van der Waals surface area (Å²) < 4.78 is 12.2. The maximum Gasteiger partial charge on any atom is 0.193 e. The maximum atomic E-state index is 14.1. The van der Waals surface area contributed by atoms with Crippen molar-refractivity contribution in [1.82, 2.24) is 0 Å². The fourth-order valence-corrected chi connectivity index (χ4v) is 5.08. The minimum absolute atomic E-state index is 0.200. The van der Waals surface area contributed by atoms with Gasteiger partial charge in [0.2, 0.25) is 0 Å². The molecule has 6 aromatic rings. The van der Waals surface area contributed by atoms with Gasteiger partial charge in [0.25, 0.3) is 0 Å². The van der Waals surface area contributed by atoms with Gasteiger partial charge in [-0.25, -0.2) is 0 Å². The summed E-state index contributed by atoms with van der Waals surface area (Å²) in [5.41, 5.74) is 18.0. The van der Waals surface area contributed by atoms with E-state index in [4.69, 9.17) is 20.9 Å². The zero-order valence-corrected chi connectivity index (χ0v) is 25.5. The molecule has 0 atom stereocenters. The summed E-state index contributed by atoms with van der Waals surface area (Å²) in [6.07, 6.45) is 0. The van der Waals surface area contributed by atoms with Gasteiger partial charge in [0.1, 0.15) is 23.0 Å². The van der Waals surface area contributed by atoms with Gasteiger partial charge in [0.05, 0.1) is 0 Å². The monoisotopic (exact) mass is 604 g/mol. The smallest absolute Gasteiger partial charge is 0.193 e. The summed E-state index contributed by atoms with van der Waals surface area (Å²) in [7, 11) is 0. The van der Waals surface area contributed by atoms with E-state index in [1.54, 1.807) is 97.1 Å². The number of hydrogen-bond donors (Lipinski definition) is 2. The molecule has 226 valence electrons. The summed E-state index contributed by atoms with van der Waals surface area (Å²) in [5, 5.41) is 0. The molecular weight excluding hydrogens is 572 g/mol. The van der Waals surface area contributed by atoms with E-state index < -0.39 is 0 Å². The standard InChI is InChI=1S/C40H32N2O4/c1-25-3-7-27(8-4-25)39(43)37-23-33(45-31-15-11-29(41)12-16-31)19-21-35(37)36-22-20-34(46-32-17-13-30(42)14-18-32)24-38(36)40(44)28-9-5-26(2)6-10-28/h3-24H,41-42H2,1-2H3. The molecule has 0 heterocycles. The van der Waals surface area contributed by atoms with Gasteiger partial charge < -0.3 is 20.9 Å². The van der Waals surface area contributed by atoms with Crippen molar-refractivity contribution in [2.24, 2.45) is 0 Å². The molecule has 0 aliphatic heterocycles. The summed E-state index contributed by atoms with van der Waals surface area (Å²) in [4.78, 5) is 28.3. The van der Waals surface area contributed by atoms with Gasteiger partial charge in [0.15, 0.2) is 11.6 Å². The van der Waals surface area contributed by atoms with Crippen LogP contribution in [0.3, 0.4) is 0 Å². The minimum Gasteiger partial charge on any atom is -0.457 e. The second-order valence-electron chi connectivity index (χ2n) is 11.1. The number of ketones is 2. The topological polar surface area (TPSA) is 105 Å². The van der Waals surface area contributed by atoms with E-state index in [0.29, 0.717) is 67.8 Å².